The molecule has 0 bridgehead atoms. The highest BCUT2D eigenvalue weighted by atomic mass is 16.5. The fourth-order valence-electron chi connectivity index (χ4n) is 4.57. The lowest BCUT2D eigenvalue weighted by Gasteiger charge is -2.40. The third kappa shape index (κ3) is 3.25. The van der Waals surface area contributed by atoms with Crippen LogP contribution in [0, 0.1) is 6.92 Å². The van der Waals surface area contributed by atoms with Crippen molar-refractivity contribution in [2.75, 3.05) is 6.61 Å². The molecule has 186 valence electrons. The van der Waals surface area contributed by atoms with Gasteiger partial charge in [0.15, 0.2) is 17.3 Å². The zero-order valence-electron chi connectivity index (χ0n) is 17.8. The standard InChI is InChI=1S/C22H20O13/c1-4-8-11(18(30)17(29)9(4)22(33)34)16(28)10-6(24)2-5(13(25)12(10)15(8)27)21-20(32)19(31)14(26)7(3-23)35-21/h2,7,14,19-21,23-26,29-32H,3H2,1H3,(H,33,34)/t7-,14-,19+,20-,21-/m1/s1. The van der Waals surface area contributed by atoms with E-state index in [1.54, 1.807) is 0 Å². The molecule has 35 heavy (non-hydrogen) atoms. The van der Waals surface area contributed by atoms with E-state index in [0.29, 0.717) is 0 Å². The number of phenolic OH excluding ortho intramolecular Hbond substituents is 3. The van der Waals surface area contributed by atoms with Gasteiger partial charge in [-0.1, -0.05) is 0 Å². The minimum atomic E-state index is -1.90. The quantitative estimate of drug-likeness (QED) is 0.154. The van der Waals surface area contributed by atoms with Crippen molar-refractivity contribution >= 4 is 17.5 Å². The van der Waals surface area contributed by atoms with E-state index in [1.165, 1.54) is 0 Å². The molecule has 0 aromatic heterocycles. The second-order valence-electron chi connectivity index (χ2n) is 8.24. The summed E-state index contributed by atoms with van der Waals surface area (Å²) in [6.45, 7) is 0.291. The Bertz CT molecular complexity index is 1300. The van der Waals surface area contributed by atoms with Crippen LogP contribution in [0.5, 0.6) is 23.0 Å². The molecule has 2 aromatic rings. The van der Waals surface area contributed by atoms with Crippen molar-refractivity contribution in [2.24, 2.45) is 0 Å². The molecule has 1 aliphatic heterocycles. The van der Waals surface area contributed by atoms with Crippen molar-refractivity contribution in [3.63, 3.8) is 0 Å². The van der Waals surface area contributed by atoms with Gasteiger partial charge in [0.25, 0.3) is 0 Å². The minimum absolute atomic E-state index is 0.399. The fourth-order valence-corrected chi connectivity index (χ4v) is 4.57. The largest absolute Gasteiger partial charge is 0.507 e. The molecule has 0 spiro atoms. The number of carboxylic acid groups (broad SMARTS) is 1. The topological polar surface area (TPSA) is 243 Å². The average Bonchev–Trinajstić information content (AvgIpc) is 2.79. The molecule has 5 atom stereocenters. The van der Waals surface area contributed by atoms with E-state index in [4.69, 9.17) is 4.74 Å². The van der Waals surface area contributed by atoms with Gasteiger partial charge in [-0.05, 0) is 18.6 Å². The molecule has 0 unspecified atom stereocenters. The number of fused-ring (bicyclic) bond motifs is 2. The van der Waals surface area contributed by atoms with Gasteiger partial charge in [-0.15, -0.1) is 0 Å². The summed E-state index contributed by atoms with van der Waals surface area (Å²) in [5, 5.41) is 91.2. The number of carbonyl (C=O) groups excluding carboxylic acids is 2. The van der Waals surface area contributed by atoms with Gasteiger partial charge in [-0.3, -0.25) is 9.59 Å². The highest BCUT2D eigenvalue weighted by molar-refractivity contribution is 6.32. The summed E-state index contributed by atoms with van der Waals surface area (Å²) >= 11 is 0. The van der Waals surface area contributed by atoms with Crippen LogP contribution >= 0.6 is 0 Å². The smallest absolute Gasteiger partial charge is 0.339 e. The number of ketones is 2. The monoisotopic (exact) mass is 492 g/mol. The van der Waals surface area contributed by atoms with Crippen LogP contribution in [0.2, 0.25) is 0 Å². The number of aromatic hydroxyl groups is 4. The number of carboxylic acids is 1. The predicted molar refractivity (Wildman–Crippen MR) is 111 cm³/mol. The highest BCUT2D eigenvalue weighted by Gasteiger charge is 2.47. The first kappa shape index (κ1) is 24.4. The fraction of sp³-hybridized carbons (Fsp3) is 0.318. The van der Waals surface area contributed by atoms with Gasteiger partial charge in [-0.2, -0.15) is 0 Å². The summed E-state index contributed by atoms with van der Waals surface area (Å²) in [5.74, 6) is -8.38. The zero-order chi connectivity index (χ0) is 26.1. The molecule has 13 heteroatoms. The molecule has 1 fully saturated rings. The first-order valence-electron chi connectivity index (χ1n) is 10.2. The normalized spacial score (nSPS) is 25.8. The first-order chi connectivity index (χ1) is 16.3. The molecule has 1 aliphatic carbocycles. The lowest BCUT2D eigenvalue weighted by molar-refractivity contribution is -0.232. The summed E-state index contributed by atoms with van der Waals surface area (Å²) in [4.78, 5) is 38.1. The second kappa shape index (κ2) is 8.18. The number of hydrogen-bond acceptors (Lipinski definition) is 12. The molecule has 0 amide bonds. The summed E-state index contributed by atoms with van der Waals surface area (Å²) in [7, 11) is 0. The van der Waals surface area contributed by atoms with Crippen molar-refractivity contribution < 1.29 is 65.1 Å². The predicted octanol–water partition coefficient (Wildman–Crippen LogP) is -1.19. The summed E-state index contributed by atoms with van der Waals surface area (Å²) < 4.78 is 5.36. The Morgan fingerprint density at radius 1 is 0.857 bits per heavy atom. The number of carbonyl (C=O) groups is 3. The van der Waals surface area contributed by atoms with E-state index < -0.39 is 117 Å². The average molecular weight is 492 g/mol. The lowest BCUT2D eigenvalue weighted by atomic mass is 9.77. The molecular weight excluding hydrogens is 472 g/mol. The van der Waals surface area contributed by atoms with Crippen LogP contribution in [0.1, 0.15) is 59.4 Å². The van der Waals surface area contributed by atoms with Crippen LogP contribution in [-0.2, 0) is 4.74 Å². The van der Waals surface area contributed by atoms with Crippen molar-refractivity contribution in [1.82, 2.24) is 0 Å². The minimum Gasteiger partial charge on any atom is -0.507 e. The van der Waals surface area contributed by atoms with Crippen molar-refractivity contribution in [3.05, 3.63) is 45.0 Å². The van der Waals surface area contributed by atoms with Crippen LogP contribution in [0.15, 0.2) is 6.07 Å². The molecular formula is C22H20O13. The molecule has 0 saturated carbocycles. The van der Waals surface area contributed by atoms with Crippen LogP contribution in [0.25, 0.3) is 0 Å². The van der Waals surface area contributed by atoms with Gasteiger partial charge >= 0.3 is 5.97 Å². The van der Waals surface area contributed by atoms with Crippen LogP contribution in [0.4, 0.5) is 0 Å². The summed E-state index contributed by atoms with van der Waals surface area (Å²) in [5.41, 5.74) is -4.75. The maximum absolute atomic E-state index is 13.4. The van der Waals surface area contributed by atoms with Crippen LogP contribution in [-0.4, -0.2) is 94.5 Å². The van der Waals surface area contributed by atoms with Gasteiger partial charge in [-0.25, -0.2) is 4.79 Å². The second-order valence-corrected chi connectivity index (χ2v) is 8.24. The van der Waals surface area contributed by atoms with E-state index in [0.717, 1.165) is 13.0 Å². The Labute approximate surface area is 195 Å². The number of hydrogen-bond donors (Lipinski definition) is 9. The molecule has 9 N–H and O–H groups in total. The Morgan fingerprint density at radius 3 is 2.00 bits per heavy atom. The number of ether oxygens (including phenoxy) is 1. The van der Waals surface area contributed by atoms with Gasteiger partial charge in [0.05, 0.1) is 23.3 Å². The molecule has 1 heterocycles. The van der Waals surface area contributed by atoms with Gasteiger partial charge in [0, 0.05) is 11.1 Å². The first-order valence-corrected chi connectivity index (χ1v) is 10.2. The third-order valence-electron chi connectivity index (χ3n) is 6.33. The maximum Gasteiger partial charge on any atom is 0.339 e. The van der Waals surface area contributed by atoms with Gasteiger partial charge < -0.3 is 50.7 Å². The number of aromatic carboxylic acids is 1. The molecule has 4 rings (SSSR count). The lowest BCUT2D eigenvalue weighted by Crippen LogP contribution is -2.55. The Balaban J connectivity index is 1.97. The Kier molecular flexibility index (Phi) is 5.70. The molecule has 2 aromatic carbocycles. The summed E-state index contributed by atoms with van der Waals surface area (Å²) in [6, 6.07) is 0.756. The molecule has 1 saturated heterocycles. The zero-order valence-corrected chi connectivity index (χ0v) is 17.8. The molecule has 13 nitrogen and oxygen atoms in total. The Morgan fingerprint density at radius 2 is 1.43 bits per heavy atom. The molecule has 2 aliphatic rings. The number of phenols is 4. The summed E-state index contributed by atoms with van der Waals surface area (Å²) in [6.07, 6.45) is -8.58. The number of benzene rings is 2. The van der Waals surface area contributed by atoms with E-state index >= 15 is 0 Å². The van der Waals surface area contributed by atoms with Crippen LogP contribution in [0.3, 0.4) is 0 Å². The van der Waals surface area contributed by atoms with E-state index in [9.17, 15) is 60.3 Å². The highest BCUT2D eigenvalue weighted by Crippen LogP contribution is 2.49. The number of rotatable bonds is 3. The van der Waals surface area contributed by atoms with E-state index in [-0.39, 0.29) is 0 Å². The van der Waals surface area contributed by atoms with Gasteiger partial charge in [0.1, 0.15) is 47.6 Å². The third-order valence-corrected chi connectivity index (χ3v) is 6.33. The maximum atomic E-state index is 13.4. The molecule has 0 radical (unpaired) electrons. The SMILES string of the molecule is Cc1c(C(=O)O)c(O)c(O)c2c1C(=O)c1c(O)c([C@H]3O[C@H](CO)[C@@H](O)[C@H](O)[C@H]3O)cc(O)c1C2=O. The number of aliphatic hydroxyl groups excluding tert-OH is 4. The van der Waals surface area contributed by atoms with Gasteiger partial charge in [0.2, 0.25) is 5.78 Å². The Hall–Kier alpha value is -3.75. The van der Waals surface area contributed by atoms with Crippen LogP contribution < -0.4 is 0 Å². The van der Waals surface area contributed by atoms with E-state index in [2.05, 4.69) is 0 Å². The van der Waals surface area contributed by atoms with Crippen molar-refractivity contribution in [2.45, 2.75) is 37.4 Å². The van der Waals surface area contributed by atoms with Crippen molar-refractivity contribution in [3.8, 4) is 23.0 Å². The number of aliphatic hydroxyl groups is 4. The van der Waals surface area contributed by atoms with E-state index in [1.807, 2.05) is 0 Å². The van der Waals surface area contributed by atoms with Crippen molar-refractivity contribution in [1.29, 1.82) is 0 Å².